The lowest BCUT2D eigenvalue weighted by molar-refractivity contribution is 0.0685. The van der Waals surface area contributed by atoms with Gasteiger partial charge in [0.05, 0.1) is 0 Å². The summed E-state index contributed by atoms with van der Waals surface area (Å²) < 4.78 is 28.5. The Hall–Kier alpha value is -3.64. The first-order chi connectivity index (χ1) is 15.4. The average molecular weight is 453 g/mol. The molecule has 0 unspecified atom stereocenters. The summed E-state index contributed by atoms with van der Waals surface area (Å²) in [6, 6.07) is 19.7. The first-order valence-electron chi connectivity index (χ1n) is 9.85. The number of carboxylic acids is 1. The van der Waals surface area contributed by atoms with Crippen LogP contribution in [0.1, 0.15) is 21.6 Å². The maximum Gasteiger partial charge on any atom is 0.352 e. The van der Waals surface area contributed by atoms with Gasteiger partial charge in [-0.1, -0.05) is 41.9 Å². The van der Waals surface area contributed by atoms with Crippen molar-refractivity contribution in [2.24, 2.45) is 0 Å². The molecule has 0 saturated heterocycles. The van der Waals surface area contributed by atoms with Crippen LogP contribution in [0, 0.1) is 11.6 Å². The number of benzene rings is 3. The van der Waals surface area contributed by atoms with Crippen LogP contribution in [-0.4, -0.2) is 15.6 Å². The number of anilines is 1. The zero-order valence-corrected chi connectivity index (χ0v) is 17.6. The molecule has 4 aromatic rings. The smallest absolute Gasteiger partial charge is 0.352 e. The van der Waals surface area contributed by atoms with E-state index in [4.69, 9.17) is 11.6 Å². The van der Waals surface area contributed by atoms with E-state index >= 15 is 0 Å². The van der Waals surface area contributed by atoms with E-state index in [1.54, 1.807) is 29.0 Å². The maximum absolute atomic E-state index is 13.8. The fraction of sp³-hybridized carbons (Fsp3) is 0.0800. The largest absolute Gasteiger partial charge is 0.477 e. The van der Waals surface area contributed by atoms with Crippen molar-refractivity contribution in [3.05, 3.63) is 112 Å². The summed E-state index contributed by atoms with van der Waals surface area (Å²) in [5.41, 5.74) is 3.86. The molecule has 2 N–H and O–H groups in total. The number of aromatic carboxylic acids is 1. The maximum atomic E-state index is 13.8. The molecule has 7 heteroatoms. The van der Waals surface area contributed by atoms with E-state index < -0.39 is 17.6 Å². The molecule has 0 aliphatic carbocycles. The van der Waals surface area contributed by atoms with Crippen LogP contribution in [0.5, 0.6) is 0 Å². The Morgan fingerprint density at radius 1 is 0.938 bits per heavy atom. The number of aromatic nitrogens is 1. The molecule has 0 spiro atoms. The second-order valence-electron chi connectivity index (χ2n) is 7.34. The van der Waals surface area contributed by atoms with Crippen molar-refractivity contribution in [2.45, 2.75) is 13.1 Å². The van der Waals surface area contributed by atoms with Gasteiger partial charge in [0.2, 0.25) is 0 Å². The molecule has 0 aliphatic rings. The SMILES string of the molecule is O=C(O)c1cc(-c2ccc(NCc3ccc(F)cc3F)cc2)cn1Cc1ccc(Cl)cc1. The van der Waals surface area contributed by atoms with Crippen molar-refractivity contribution in [2.75, 3.05) is 5.32 Å². The number of hydrogen-bond donors (Lipinski definition) is 2. The van der Waals surface area contributed by atoms with Gasteiger partial charge >= 0.3 is 5.97 Å². The third-order valence-corrected chi connectivity index (χ3v) is 5.35. The second-order valence-corrected chi connectivity index (χ2v) is 7.78. The molecule has 3 aromatic carbocycles. The fourth-order valence-corrected chi connectivity index (χ4v) is 3.53. The first-order valence-corrected chi connectivity index (χ1v) is 10.2. The van der Waals surface area contributed by atoms with E-state index in [0.717, 1.165) is 28.4 Å². The van der Waals surface area contributed by atoms with E-state index in [9.17, 15) is 18.7 Å². The summed E-state index contributed by atoms with van der Waals surface area (Å²) in [5.74, 6) is -2.22. The zero-order chi connectivity index (χ0) is 22.7. The molecule has 1 heterocycles. The van der Waals surface area contributed by atoms with Gasteiger partial charge in [-0.2, -0.15) is 0 Å². The topological polar surface area (TPSA) is 54.3 Å². The number of halogens is 3. The van der Waals surface area contributed by atoms with Gasteiger partial charge in [0, 0.05) is 47.2 Å². The zero-order valence-electron chi connectivity index (χ0n) is 16.9. The Labute approximate surface area is 188 Å². The van der Waals surface area contributed by atoms with Crippen LogP contribution in [0.15, 0.2) is 79.0 Å². The molecule has 0 fully saturated rings. The van der Waals surface area contributed by atoms with E-state index in [0.29, 0.717) is 17.1 Å². The van der Waals surface area contributed by atoms with Gasteiger partial charge in [0.1, 0.15) is 17.3 Å². The third kappa shape index (κ3) is 4.98. The predicted molar refractivity (Wildman–Crippen MR) is 121 cm³/mol. The molecule has 4 rings (SSSR count). The summed E-state index contributed by atoms with van der Waals surface area (Å²) in [4.78, 5) is 11.7. The summed E-state index contributed by atoms with van der Waals surface area (Å²) in [7, 11) is 0. The third-order valence-electron chi connectivity index (χ3n) is 5.10. The highest BCUT2D eigenvalue weighted by molar-refractivity contribution is 6.30. The van der Waals surface area contributed by atoms with Crippen molar-refractivity contribution >= 4 is 23.3 Å². The number of nitrogens with one attached hydrogen (secondary N) is 1. The summed E-state index contributed by atoms with van der Waals surface area (Å²) in [5, 5.41) is 13.3. The molecule has 162 valence electrons. The Morgan fingerprint density at radius 2 is 1.66 bits per heavy atom. The van der Waals surface area contributed by atoms with Gasteiger partial charge in [0.25, 0.3) is 0 Å². The molecule has 0 aliphatic heterocycles. The Morgan fingerprint density at radius 3 is 2.31 bits per heavy atom. The van der Waals surface area contributed by atoms with Crippen LogP contribution in [0.25, 0.3) is 11.1 Å². The van der Waals surface area contributed by atoms with Gasteiger partial charge in [-0.15, -0.1) is 0 Å². The molecule has 4 nitrogen and oxygen atoms in total. The lowest BCUT2D eigenvalue weighted by Gasteiger charge is -2.08. The standard InChI is InChI=1S/C25H19ClF2N2O2/c26-20-6-1-16(2-7-20)14-30-15-19(11-24(30)25(31)32)17-4-9-22(10-5-17)29-13-18-3-8-21(27)12-23(18)28/h1-12,15,29H,13-14H2,(H,31,32). The van der Waals surface area contributed by atoms with Gasteiger partial charge in [-0.05, 0) is 47.5 Å². The highest BCUT2D eigenvalue weighted by Gasteiger charge is 2.14. The van der Waals surface area contributed by atoms with E-state index in [1.807, 2.05) is 36.4 Å². The lowest BCUT2D eigenvalue weighted by atomic mass is 10.1. The Kier molecular flexibility index (Phi) is 6.23. The minimum absolute atomic E-state index is 0.184. The van der Waals surface area contributed by atoms with Crippen LogP contribution < -0.4 is 5.32 Å². The van der Waals surface area contributed by atoms with Gasteiger partial charge in [-0.25, -0.2) is 13.6 Å². The predicted octanol–water partition coefficient (Wildman–Crippen LogP) is 6.45. The van der Waals surface area contributed by atoms with E-state index in [1.165, 1.54) is 12.1 Å². The Balaban J connectivity index is 1.50. The molecule has 0 saturated carbocycles. The minimum Gasteiger partial charge on any atom is -0.477 e. The lowest BCUT2D eigenvalue weighted by Crippen LogP contribution is -2.08. The number of hydrogen-bond acceptors (Lipinski definition) is 2. The van der Waals surface area contributed by atoms with E-state index in [-0.39, 0.29) is 12.2 Å². The van der Waals surface area contributed by atoms with Crippen molar-refractivity contribution in [1.82, 2.24) is 4.57 Å². The molecule has 1 aromatic heterocycles. The summed E-state index contributed by atoms with van der Waals surface area (Å²) in [6.07, 6.45) is 1.80. The molecule has 0 radical (unpaired) electrons. The fourth-order valence-electron chi connectivity index (χ4n) is 3.41. The van der Waals surface area contributed by atoms with Crippen molar-refractivity contribution < 1.29 is 18.7 Å². The van der Waals surface area contributed by atoms with Crippen LogP contribution in [0.4, 0.5) is 14.5 Å². The van der Waals surface area contributed by atoms with Crippen LogP contribution >= 0.6 is 11.6 Å². The first kappa shape index (κ1) is 21.6. The van der Waals surface area contributed by atoms with Crippen molar-refractivity contribution in [3.63, 3.8) is 0 Å². The molecule has 0 atom stereocenters. The number of carbonyl (C=O) groups is 1. The minimum atomic E-state index is -1.01. The van der Waals surface area contributed by atoms with Gasteiger partial charge < -0.3 is 15.0 Å². The second kappa shape index (κ2) is 9.24. The molecular formula is C25H19ClF2N2O2. The molecule has 32 heavy (non-hydrogen) atoms. The molecule has 0 amide bonds. The number of carboxylic acid groups (broad SMARTS) is 1. The van der Waals surface area contributed by atoms with Crippen molar-refractivity contribution in [1.29, 1.82) is 0 Å². The summed E-state index contributed by atoms with van der Waals surface area (Å²) >= 11 is 5.92. The number of rotatable bonds is 7. The van der Waals surface area contributed by atoms with Crippen LogP contribution in [0.3, 0.4) is 0 Å². The highest BCUT2D eigenvalue weighted by atomic mass is 35.5. The normalized spacial score (nSPS) is 10.8. The van der Waals surface area contributed by atoms with Crippen LogP contribution in [0.2, 0.25) is 5.02 Å². The van der Waals surface area contributed by atoms with Gasteiger partial charge in [-0.3, -0.25) is 0 Å². The number of nitrogens with zero attached hydrogens (tertiary/aromatic N) is 1. The molecule has 0 bridgehead atoms. The van der Waals surface area contributed by atoms with Gasteiger partial charge in [0.15, 0.2) is 0 Å². The van der Waals surface area contributed by atoms with Crippen molar-refractivity contribution in [3.8, 4) is 11.1 Å². The molecular weight excluding hydrogens is 434 g/mol. The highest BCUT2D eigenvalue weighted by Crippen LogP contribution is 2.25. The monoisotopic (exact) mass is 452 g/mol. The van der Waals surface area contributed by atoms with E-state index in [2.05, 4.69) is 5.32 Å². The summed E-state index contributed by atoms with van der Waals surface area (Å²) in [6.45, 7) is 0.619. The quantitative estimate of drug-likeness (QED) is 0.339. The average Bonchev–Trinajstić information content (AvgIpc) is 3.19. The van der Waals surface area contributed by atoms with Crippen LogP contribution in [-0.2, 0) is 13.1 Å². The Bertz CT molecular complexity index is 1250.